The van der Waals surface area contributed by atoms with Gasteiger partial charge in [-0.25, -0.2) is 9.97 Å². The number of aryl methyl sites for hydroxylation is 1. The molecule has 1 atom stereocenters. The summed E-state index contributed by atoms with van der Waals surface area (Å²) in [6.45, 7) is 7.97. The van der Waals surface area contributed by atoms with Gasteiger partial charge in [0.1, 0.15) is 5.82 Å². The summed E-state index contributed by atoms with van der Waals surface area (Å²) >= 11 is 1.53. The number of carbonyl (C=O) groups is 1. The van der Waals surface area contributed by atoms with Gasteiger partial charge in [0, 0.05) is 29.3 Å². The van der Waals surface area contributed by atoms with E-state index in [2.05, 4.69) is 15.3 Å². The van der Waals surface area contributed by atoms with E-state index in [4.69, 9.17) is 0 Å². The number of amides is 1. The number of carbonyl (C=O) groups excluding carboxylic acids is 1. The standard InChI is InChI=1S/C18H22N4O2S/c1-11-6-5-7-14(19-11)21-15(23)8-12-10-25-17-20-13(18(2,3)4)9-16(24)22(12)17/h5-7,9,12H,8,10H2,1-4H3,(H,19,21,23). The minimum Gasteiger partial charge on any atom is -0.311 e. The lowest BCUT2D eigenvalue weighted by molar-refractivity contribution is -0.116. The molecule has 1 amide bonds. The van der Waals surface area contributed by atoms with Crippen LogP contribution in [0.15, 0.2) is 34.2 Å². The minimum absolute atomic E-state index is 0.0913. The molecule has 2 aromatic rings. The van der Waals surface area contributed by atoms with Gasteiger partial charge < -0.3 is 5.32 Å². The van der Waals surface area contributed by atoms with E-state index in [1.54, 1.807) is 16.7 Å². The number of aromatic nitrogens is 3. The van der Waals surface area contributed by atoms with Crippen LogP contribution in [-0.2, 0) is 10.2 Å². The summed E-state index contributed by atoms with van der Waals surface area (Å²) in [5, 5.41) is 3.50. The Balaban J connectivity index is 1.77. The summed E-state index contributed by atoms with van der Waals surface area (Å²) in [6, 6.07) is 6.88. The third-order valence-corrected chi connectivity index (χ3v) is 5.13. The van der Waals surface area contributed by atoms with Crippen molar-refractivity contribution in [3.05, 3.63) is 46.0 Å². The molecule has 1 aliphatic heterocycles. The third-order valence-electron chi connectivity index (χ3n) is 4.04. The van der Waals surface area contributed by atoms with Gasteiger partial charge in [-0.3, -0.25) is 14.2 Å². The van der Waals surface area contributed by atoms with Gasteiger partial charge in [-0.1, -0.05) is 38.6 Å². The van der Waals surface area contributed by atoms with Crippen LogP contribution in [0, 0.1) is 6.92 Å². The summed E-state index contributed by atoms with van der Waals surface area (Å²) in [6.07, 6.45) is 0.228. The van der Waals surface area contributed by atoms with Crippen LogP contribution in [0.5, 0.6) is 0 Å². The average Bonchev–Trinajstić information content (AvgIpc) is 2.89. The number of rotatable bonds is 3. The predicted octanol–water partition coefficient (Wildman–Crippen LogP) is 2.92. The zero-order chi connectivity index (χ0) is 18.2. The topological polar surface area (TPSA) is 76.9 Å². The molecule has 0 bridgehead atoms. The first kappa shape index (κ1) is 17.7. The Hall–Kier alpha value is -2.15. The van der Waals surface area contributed by atoms with Gasteiger partial charge >= 0.3 is 0 Å². The van der Waals surface area contributed by atoms with Crippen LogP contribution in [0.1, 0.15) is 44.6 Å². The van der Waals surface area contributed by atoms with Gasteiger partial charge in [0.15, 0.2) is 5.16 Å². The zero-order valence-electron chi connectivity index (χ0n) is 14.9. The monoisotopic (exact) mass is 358 g/mol. The second kappa shape index (κ2) is 6.63. The number of pyridine rings is 1. The molecule has 3 heterocycles. The molecule has 25 heavy (non-hydrogen) atoms. The number of fused-ring (bicyclic) bond motifs is 1. The van der Waals surface area contributed by atoms with E-state index in [1.165, 1.54) is 11.8 Å². The van der Waals surface area contributed by atoms with Crippen LogP contribution in [0.25, 0.3) is 0 Å². The first-order valence-corrected chi connectivity index (χ1v) is 9.23. The Kier molecular flexibility index (Phi) is 4.69. The summed E-state index contributed by atoms with van der Waals surface area (Å²) in [4.78, 5) is 33.8. The lowest BCUT2D eigenvalue weighted by Gasteiger charge is -2.19. The number of nitrogens with zero attached hydrogens (tertiary/aromatic N) is 3. The smallest absolute Gasteiger partial charge is 0.254 e. The summed E-state index contributed by atoms with van der Waals surface area (Å²) in [5.41, 5.74) is 1.35. The minimum atomic E-state index is -0.182. The third kappa shape index (κ3) is 3.92. The molecule has 3 rings (SSSR count). The molecule has 1 aliphatic rings. The molecule has 0 fully saturated rings. The van der Waals surface area contributed by atoms with Crippen LogP contribution in [0.3, 0.4) is 0 Å². The lowest BCUT2D eigenvalue weighted by atomic mass is 9.92. The van der Waals surface area contributed by atoms with E-state index >= 15 is 0 Å². The number of nitrogens with one attached hydrogen (secondary N) is 1. The fourth-order valence-electron chi connectivity index (χ4n) is 2.71. The Morgan fingerprint density at radius 1 is 1.36 bits per heavy atom. The molecular formula is C18H22N4O2S. The van der Waals surface area contributed by atoms with Crippen molar-refractivity contribution in [1.29, 1.82) is 0 Å². The fraction of sp³-hybridized carbons (Fsp3) is 0.444. The van der Waals surface area contributed by atoms with Crippen molar-refractivity contribution in [3.63, 3.8) is 0 Å². The lowest BCUT2D eigenvalue weighted by Crippen LogP contribution is -2.29. The molecule has 1 N–H and O–H groups in total. The van der Waals surface area contributed by atoms with E-state index in [1.807, 2.05) is 39.8 Å². The summed E-state index contributed by atoms with van der Waals surface area (Å²) < 4.78 is 1.64. The normalized spacial score (nSPS) is 16.6. The Morgan fingerprint density at radius 3 is 2.80 bits per heavy atom. The fourth-order valence-corrected chi connectivity index (χ4v) is 3.86. The van der Waals surface area contributed by atoms with Gasteiger partial charge in [0.2, 0.25) is 5.91 Å². The second-order valence-corrected chi connectivity index (χ2v) is 8.25. The number of thioether (sulfide) groups is 1. The highest BCUT2D eigenvalue weighted by atomic mass is 32.2. The molecule has 0 spiro atoms. The van der Waals surface area contributed by atoms with Crippen LogP contribution >= 0.6 is 11.8 Å². The maximum absolute atomic E-state index is 12.5. The van der Waals surface area contributed by atoms with Crippen molar-refractivity contribution in [3.8, 4) is 0 Å². The molecule has 2 aromatic heterocycles. The van der Waals surface area contributed by atoms with E-state index in [0.717, 1.165) is 11.4 Å². The molecule has 0 aliphatic carbocycles. The highest BCUT2D eigenvalue weighted by Gasteiger charge is 2.29. The Bertz CT molecular complexity index is 870. The average molecular weight is 358 g/mol. The van der Waals surface area contributed by atoms with Crippen molar-refractivity contribution < 1.29 is 4.79 Å². The molecule has 132 valence electrons. The summed E-state index contributed by atoms with van der Waals surface area (Å²) in [5.74, 6) is 1.05. The van der Waals surface area contributed by atoms with Gasteiger partial charge in [-0.15, -0.1) is 0 Å². The van der Waals surface area contributed by atoms with Crippen LogP contribution in [0.4, 0.5) is 5.82 Å². The predicted molar refractivity (Wildman–Crippen MR) is 99.2 cm³/mol. The number of anilines is 1. The Labute approximate surface area is 151 Å². The quantitative estimate of drug-likeness (QED) is 0.854. The first-order valence-electron chi connectivity index (χ1n) is 8.24. The van der Waals surface area contributed by atoms with Crippen LogP contribution in [-0.4, -0.2) is 26.2 Å². The van der Waals surface area contributed by atoms with Crippen LogP contribution in [0.2, 0.25) is 0 Å². The van der Waals surface area contributed by atoms with Crippen molar-refractivity contribution in [2.24, 2.45) is 0 Å². The van der Waals surface area contributed by atoms with E-state index in [0.29, 0.717) is 16.7 Å². The van der Waals surface area contributed by atoms with E-state index in [9.17, 15) is 9.59 Å². The molecule has 6 nitrogen and oxygen atoms in total. The van der Waals surface area contributed by atoms with Crippen LogP contribution < -0.4 is 10.9 Å². The molecular weight excluding hydrogens is 336 g/mol. The molecule has 0 saturated carbocycles. The number of hydrogen-bond donors (Lipinski definition) is 1. The number of hydrogen-bond acceptors (Lipinski definition) is 5. The molecule has 7 heteroatoms. The van der Waals surface area contributed by atoms with Crippen molar-refractivity contribution in [2.75, 3.05) is 11.1 Å². The molecule has 0 saturated heterocycles. The molecule has 0 radical (unpaired) electrons. The SMILES string of the molecule is Cc1cccc(NC(=O)CC2CSc3nc(C(C)(C)C)cc(=O)n32)n1. The van der Waals surface area contributed by atoms with Crippen molar-refractivity contribution >= 4 is 23.5 Å². The van der Waals surface area contributed by atoms with Gasteiger partial charge in [0.25, 0.3) is 5.56 Å². The van der Waals surface area contributed by atoms with Crippen molar-refractivity contribution in [2.45, 2.75) is 50.7 Å². The maximum Gasteiger partial charge on any atom is 0.254 e. The Morgan fingerprint density at radius 2 is 2.12 bits per heavy atom. The summed E-state index contributed by atoms with van der Waals surface area (Å²) in [7, 11) is 0. The molecule has 0 aromatic carbocycles. The highest BCUT2D eigenvalue weighted by Crippen LogP contribution is 2.33. The van der Waals surface area contributed by atoms with E-state index < -0.39 is 0 Å². The van der Waals surface area contributed by atoms with Gasteiger partial charge in [-0.05, 0) is 19.1 Å². The highest BCUT2D eigenvalue weighted by molar-refractivity contribution is 7.99. The van der Waals surface area contributed by atoms with E-state index in [-0.39, 0.29) is 29.3 Å². The second-order valence-electron chi connectivity index (χ2n) is 7.26. The largest absolute Gasteiger partial charge is 0.311 e. The van der Waals surface area contributed by atoms with Crippen molar-refractivity contribution in [1.82, 2.24) is 14.5 Å². The first-order chi connectivity index (χ1) is 11.7. The maximum atomic E-state index is 12.5. The zero-order valence-corrected chi connectivity index (χ0v) is 15.7. The molecule has 1 unspecified atom stereocenters. The van der Waals surface area contributed by atoms with Gasteiger partial charge in [-0.2, -0.15) is 0 Å². The van der Waals surface area contributed by atoms with Gasteiger partial charge in [0.05, 0.1) is 11.7 Å².